The summed E-state index contributed by atoms with van der Waals surface area (Å²) in [6.45, 7) is 0.560. The number of carboxylic acids is 1. The summed E-state index contributed by atoms with van der Waals surface area (Å²) in [6, 6.07) is 7.21. The van der Waals surface area contributed by atoms with E-state index < -0.39 is 18.0 Å². The number of thioether (sulfide) groups is 2. The smallest absolute Gasteiger partial charge is 0.330 e. The van der Waals surface area contributed by atoms with E-state index in [0.717, 1.165) is 17.3 Å². The molecule has 0 spiro atoms. The molecule has 2 unspecified atom stereocenters. The lowest BCUT2D eigenvalue weighted by Crippen LogP contribution is -2.43. The third kappa shape index (κ3) is 5.17. The molecule has 3 N–H and O–H groups in total. The highest BCUT2D eigenvalue weighted by atomic mass is 32.2. The Morgan fingerprint density at radius 3 is 2.67 bits per heavy atom. The van der Waals surface area contributed by atoms with Gasteiger partial charge in [0.05, 0.1) is 0 Å². The number of hydrogen-bond donors (Lipinski definition) is 3. The van der Waals surface area contributed by atoms with Crippen molar-refractivity contribution < 1.29 is 14.7 Å². The summed E-state index contributed by atoms with van der Waals surface area (Å²) >= 11 is 3.73. The van der Waals surface area contributed by atoms with Crippen LogP contribution in [0.15, 0.2) is 30.3 Å². The van der Waals surface area contributed by atoms with Gasteiger partial charge in [0.2, 0.25) is 0 Å². The van der Waals surface area contributed by atoms with Gasteiger partial charge in [0.1, 0.15) is 0 Å². The number of nitrogens with one attached hydrogen (secondary N) is 2. The van der Waals surface area contributed by atoms with Crippen LogP contribution in [0.4, 0.5) is 4.79 Å². The van der Waals surface area contributed by atoms with Crippen LogP contribution < -0.4 is 10.6 Å². The Balaban J connectivity index is 1.85. The fourth-order valence-corrected chi connectivity index (χ4v) is 4.59. The summed E-state index contributed by atoms with van der Waals surface area (Å²) in [5, 5.41) is 14.9. The largest absolute Gasteiger partial charge is 0.479 e. The molecule has 0 bridgehead atoms. The molecule has 1 heterocycles. The van der Waals surface area contributed by atoms with Crippen LogP contribution in [0.1, 0.15) is 11.6 Å². The molecule has 0 aromatic heterocycles. The second-order valence-corrected chi connectivity index (χ2v) is 7.16. The zero-order valence-corrected chi connectivity index (χ0v) is 13.1. The van der Waals surface area contributed by atoms with Gasteiger partial charge in [-0.1, -0.05) is 30.3 Å². The maximum atomic E-state index is 11.9. The molecule has 0 radical (unpaired) electrons. The Bertz CT molecular complexity index is 478. The van der Waals surface area contributed by atoms with E-state index in [-0.39, 0.29) is 0 Å². The van der Waals surface area contributed by atoms with E-state index in [1.54, 1.807) is 30.3 Å². The van der Waals surface area contributed by atoms with Crippen molar-refractivity contribution in [1.82, 2.24) is 10.6 Å². The third-order valence-corrected chi connectivity index (χ3v) is 5.88. The molecule has 2 atom stereocenters. The molecule has 0 aliphatic carbocycles. The van der Waals surface area contributed by atoms with Crippen molar-refractivity contribution in [2.24, 2.45) is 0 Å². The zero-order valence-electron chi connectivity index (χ0n) is 11.5. The number of urea groups is 1. The van der Waals surface area contributed by atoms with Gasteiger partial charge < -0.3 is 15.7 Å². The van der Waals surface area contributed by atoms with Gasteiger partial charge in [-0.05, 0) is 5.56 Å². The van der Waals surface area contributed by atoms with E-state index >= 15 is 0 Å². The first-order chi connectivity index (χ1) is 10.2. The molecule has 1 aliphatic heterocycles. The van der Waals surface area contributed by atoms with Gasteiger partial charge in [0.25, 0.3) is 0 Å². The first-order valence-electron chi connectivity index (χ1n) is 6.68. The van der Waals surface area contributed by atoms with Crippen molar-refractivity contribution in [3.63, 3.8) is 0 Å². The first kappa shape index (κ1) is 16.0. The number of carbonyl (C=O) groups is 2. The monoisotopic (exact) mass is 326 g/mol. The highest BCUT2D eigenvalue weighted by Gasteiger charge is 2.22. The first-order valence-corrected chi connectivity index (χ1v) is 8.88. The van der Waals surface area contributed by atoms with E-state index in [1.807, 2.05) is 23.5 Å². The molecule has 1 saturated heterocycles. The SMILES string of the molecule is O=C(NCC1CSCCS1)NC(C(=O)O)c1ccccc1. The van der Waals surface area contributed by atoms with Crippen LogP contribution in [0.3, 0.4) is 0 Å². The van der Waals surface area contributed by atoms with E-state index in [9.17, 15) is 14.7 Å². The van der Waals surface area contributed by atoms with Crippen LogP contribution in [0.2, 0.25) is 0 Å². The lowest BCUT2D eigenvalue weighted by atomic mass is 10.1. The van der Waals surface area contributed by atoms with E-state index in [0.29, 0.717) is 17.4 Å². The van der Waals surface area contributed by atoms with Crippen molar-refractivity contribution in [3.05, 3.63) is 35.9 Å². The van der Waals surface area contributed by atoms with Gasteiger partial charge in [-0.25, -0.2) is 9.59 Å². The summed E-state index contributed by atoms with van der Waals surface area (Å²) in [7, 11) is 0. The van der Waals surface area contributed by atoms with Crippen molar-refractivity contribution in [2.75, 3.05) is 23.8 Å². The van der Waals surface area contributed by atoms with Gasteiger partial charge in [0.15, 0.2) is 6.04 Å². The minimum absolute atomic E-state index is 0.398. The van der Waals surface area contributed by atoms with Gasteiger partial charge in [-0.3, -0.25) is 0 Å². The fourth-order valence-electron chi connectivity index (χ4n) is 1.98. The quantitative estimate of drug-likeness (QED) is 0.771. The normalized spacial score (nSPS) is 19.5. The molecular formula is C14H18N2O3S2. The van der Waals surface area contributed by atoms with Gasteiger partial charge >= 0.3 is 12.0 Å². The number of amides is 2. The summed E-state index contributed by atoms with van der Waals surface area (Å²) in [5.41, 5.74) is 0.558. The molecule has 21 heavy (non-hydrogen) atoms. The van der Waals surface area contributed by atoms with Crippen LogP contribution in [-0.4, -0.2) is 46.2 Å². The minimum atomic E-state index is -1.07. The predicted octanol–water partition coefficient (Wildman–Crippen LogP) is 1.96. The van der Waals surface area contributed by atoms with Crippen LogP contribution in [-0.2, 0) is 4.79 Å². The van der Waals surface area contributed by atoms with Gasteiger partial charge in [-0.15, -0.1) is 0 Å². The molecule has 5 nitrogen and oxygen atoms in total. The maximum absolute atomic E-state index is 11.9. The lowest BCUT2D eigenvalue weighted by molar-refractivity contribution is -0.139. The average molecular weight is 326 g/mol. The van der Waals surface area contributed by atoms with Crippen LogP contribution in [0, 0.1) is 0 Å². The standard InChI is InChI=1S/C14H18N2O3S2/c17-13(18)12(10-4-2-1-3-5-10)16-14(19)15-8-11-9-20-6-7-21-11/h1-5,11-12H,6-9H2,(H,17,18)(H2,15,16,19). The van der Waals surface area contributed by atoms with Gasteiger partial charge in [0, 0.05) is 29.1 Å². The molecule has 0 saturated carbocycles. The van der Waals surface area contributed by atoms with Crippen molar-refractivity contribution in [3.8, 4) is 0 Å². The Hall–Kier alpha value is -1.34. The minimum Gasteiger partial charge on any atom is -0.479 e. The fraction of sp³-hybridized carbons (Fsp3) is 0.429. The number of aliphatic carboxylic acids is 1. The molecule has 1 fully saturated rings. The second-order valence-electron chi connectivity index (χ2n) is 4.60. The molecule has 1 aromatic rings. The number of carbonyl (C=O) groups excluding carboxylic acids is 1. The van der Waals surface area contributed by atoms with Crippen LogP contribution in [0.25, 0.3) is 0 Å². The van der Waals surface area contributed by atoms with Gasteiger partial charge in [-0.2, -0.15) is 23.5 Å². The molecule has 114 valence electrons. The Kier molecular flexibility index (Phi) is 6.25. The van der Waals surface area contributed by atoms with Crippen LogP contribution >= 0.6 is 23.5 Å². The highest BCUT2D eigenvalue weighted by molar-refractivity contribution is 8.06. The lowest BCUT2D eigenvalue weighted by Gasteiger charge is -2.22. The van der Waals surface area contributed by atoms with Crippen molar-refractivity contribution in [1.29, 1.82) is 0 Å². The van der Waals surface area contributed by atoms with Crippen molar-refractivity contribution >= 4 is 35.5 Å². The Labute approximate surface area is 132 Å². The number of hydrogen-bond acceptors (Lipinski definition) is 4. The van der Waals surface area contributed by atoms with E-state index in [1.165, 1.54) is 0 Å². The summed E-state index contributed by atoms with van der Waals surface area (Å²) in [4.78, 5) is 23.2. The summed E-state index contributed by atoms with van der Waals surface area (Å²) in [5.74, 6) is 2.20. The topological polar surface area (TPSA) is 78.4 Å². The number of rotatable bonds is 5. The molecule has 1 aromatic carbocycles. The maximum Gasteiger partial charge on any atom is 0.330 e. The Morgan fingerprint density at radius 1 is 1.29 bits per heavy atom. The number of carboxylic acid groups (broad SMARTS) is 1. The number of benzene rings is 1. The van der Waals surface area contributed by atoms with E-state index in [4.69, 9.17) is 0 Å². The molecule has 2 amide bonds. The second kappa shape index (κ2) is 8.19. The molecule has 2 rings (SSSR count). The van der Waals surface area contributed by atoms with Crippen LogP contribution in [0.5, 0.6) is 0 Å². The molecule has 7 heteroatoms. The summed E-state index contributed by atoms with van der Waals surface area (Å²) in [6.07, 6.45) is 0. The summed E-state index contributed by atoms with van der Waals surface area (Å²) < 4.78 is 0. The average Bonchev–Trinajstić information content (AvgIpc) is 2.52. The molecular weight excluding hydrogens is 308 g/mol. The molecule has 1 aliphatic rings. The predicted molar refractivity (Wildman–Crippen MR) is 86.9 cm³/mol. The van der Waals surface area contributed by atoms with Crippen molar-refractivity contribution in [2.45, 2.75) is 11.3 Å². The van der Waals surface area contributed by atoms with E-state index in [2.05, 4.69) is 10.6 Å². The third-order valence-electron chi connectivity index (χ3n) is 3.03. The zero-order chi connectivity index (χ0) is 15.1. The highest BCUT2D eigenvalue weighted by Crippen LogP contribution is 2.23. The Morgan fingerprint density at radius 2 is 2.05 bits per heavy atom.